The van der Waals surface area contributed by atoms with E-state index < -0.39 is 5.97 Å². The van der Waals surface area contributed by atoms with Gasteiger partial charge in [-0.1, -0.05) is 35.9 Å². The molecular weight excluding hydrogens is 312 g/mol. The highest BCUT2D eigenvalue weighted by Gasteiger charge is 2.20. The van der Waals surface area contributed by atoms with E-state index in [1.807, 2.05) is 49.4 Å². The first-order valence-electron chi connectivity index (χ1n) is 7.28. The third-order valence-corrected chi connectivity index (χ3v) is 4.31. The molecule has 23 heavy (non-hydrogen) atoms. The topological polar surface area (TPSA) is 54.3 Å². The Balaban J connectivity index is 2.02. The highest BCUT2D eigenvalue weighted by atomic mass is 35.5. The summed E-state index contributed by atoms with van der Waals surface area (Å²) in [4.78, 5) is 11.7. The van der Waals surface area contributed by atoms with Crippen LogP contribution in [0.1, 0.15) is 21.6 Å². The monoisotopic (exact) mass is 328 g/mol. The minimum atomic E-state index is -0.935. The first-order valence-corrected chi connectivity index (χ1v) is 7.66. The number of aromatic carboxylic acids is 1. The number of hydrogen-bond donors (Lipinski definition) is 2. The van der Waals surface area contributed by atoms with Gasteiger partial charge in [0, 0.05) is 30.1 Å². The van der Waals surface area contributed by atoms with Crippen LogP contribution in [-0.4, -0.2) is 15.6 Å². The second-order valence-corrected chi connectivity index (χ2v) is 5.95. The predicted octanol–water partition coefficient (Wildman–Crippen LogP) is 4.45. The van der Waals surface area contributed by atoms with Gasteiger partial charge in [0.05, 0.1) is 10.7 Å². The molecule has 2 N–H and O–H groups in total. The molecule has 2 aromatic carbocycles. The Labute approximate surface area is 139 Å². The number of nitrogens with zero attached hydrogens (tertiary/aromatic N) is 1. The summed E-state index contributed by atoms with van der Waals surface area (Å²) in [6.45, 7) is 2.37. The largest absolute Gasteiger partial charge is 0.477 e. The van der Waals surface area contributed by atoms with E-state index in [1.165, 1.54) is 0 Å². The van der Waals surface area contributed by atoms with E-state index in [-0.39, 0.29) is 0 Å². The summed E-state index contributed by atoms with van der Waals surface area (Å²) in [7, 11) is 1.77. The van der Waals surface area contributed by atoms with Gasteiger partial charge in [-0.25, -0.2) is 4.79 Å². The number of carboxylic acid groups (broad SMARTS) is 1. The number of nitrogens with one attached hydrogen (secondary N) is 1. The summed E-state index contributed by atoms with van der Waals surface area (Å²) >= 11 is 6.24. The molecule has 0 amide bonds. The summed E-state index contributed by atoms with van der Waals surface area (Å²) < 4.78 is 1.71. The molecule has 0 fully saturated rings. The van der Waals surface area contributed by atoms with Crippen molar-refractivity contribution in [2.24, 2.45) is 7.05 Å². The van der Waals surface area contributed by atoms with Crippen LogP contribution in [0.2, 0.25) is 5.02 Å². The molecule has 5 heteroatoms. The predicted molar refractivity (Wildman–Crippen MR) is 93.4 cm³/mol. The number of aryl methyl sites for hydroxylation is 2. The zero-order chi connectivity index (χ0) is 16.6. The molecule has 1 aromatic heterocycles. The van der Waals surface area contributed by atoms with Crippen molar-refractivity contribution in [3.8, 4) is 0 Å². The number of rotatable bonds is 4. The molecule has 0 bridgehead atoms. The summed E-state index contributed by atoms with van der Waals surface area (Å²) in [5.41, 5.74) is 3.82. The number of para-hydroxylation sites is 1. The van der Waals surface area contributed by atoms with Crippen LogP contribution in [0, 0.1) is 6.92 Å². The minimum absolute atomic E-state index is 0.293. The maximum absolute atomic E-state index is 11.7. The average molecular weight is 329 g/mol. The van der Waals surface area contributed by atoms with Crippen LogP contribution in [0.4, 0.5) is 5.69 Å². The van der Waals surface area contributed by atoms with E-state index in [0.717, 1.165) is 27.7 Å². The van der Waals surface area contributed by atoms with Gasteiger partial charge in [0.2, 0.25) is 0 Å². The van der Waals surface area contributed by atoms with Gasteiger partial charge in [-0.3, -0.25) is 0 Å². The lowest BCUT2D eigenvalue weighted by Crippen LogP contribution is -2.10. The average Bonchev–Trinajstić information content (AvgIpc) is 2.80. The molecule has 0 spiro atoms. The van der Waals surface area contributed by atoms with Gasteiger partial charge in [0.15, 0.2) is 0 Å². The molecular formula is C18H17ClN2O2. The Morgan fingerprint density at radius 3 is 2.70 bits per heavy atom. The second-order valence-electron chi connectivity index (χ2n) is 5.55. The lowest BCUT2D eigenvalue weighted by molar-refractivity contribution is 0.0686. The van der Waals surface area contributed by atoms with E-state index in [9.17, 15) is 9.90 Å². The highest BCUT2D eigenvalue weighted by Crippen LogP contribution is 2.28. The van der Waals surface area contributed by atoms with Crippen LogP contribution >= 0.6 is 11.6 Å². The number of benzene rings is 2. The molecule has 118 valence electrons. The Kier molecular flexibility index (Phi) is 4.01. The normalized spacial score (nSPS) is 10.9. The summed E-state index contributed by atoms with van der Waals surface area (Å²) in [6, 6.07) is 13.4. The van der Waals surface area contributed by atoms with Crippen molar-refractivity contribution in [1.82, 2.24) is 4.57 Å². The van der Waals surface area contributed by atoms with Gasteiger partial charge >= 0.3 is 5.97 Å². The lowest BCUT2D eigenvalue weighted by atomic mass is 10.1. The quantitative estimate of drug-likeness (QED) is 0.744. The van der Waals surface area contributed by atoms with Gasteiger partial charge in [-0.15, -0.1) is 0 Å². The number of anilines is 1. The van der Waals surface area contributed by atoms with Crippen molar-refractivity contribution in [2.75, 3.05) is 5.32 Å². The third kappa shape index (κ3) is 2.78. The molecule has 0 saturated carbocycles. The number of carbonyl (C=O) groups is 1. The summed E-state index contributed by atoms with van der Waals surface area (Å²) in [5, 5.41) is 14.4. The van der Waals surface area contributed by atoms with Crippen LogP contribution in [0.5, 0.6) is 0 Å². The Morgan fingerprint density at radius 2 is 2.00 bits per heavy atom. The van der Waals surface area contributed by atoms with E-state index in [4.69, 9.17) is 11.6 Å². The maximum Gasteiger partial charge on any atom is 0.352 e. The molecule has 4 nitrogen and oxygen atoms in total. The zero-order valence-electron chi connectivity index (χ0n) is 12.9. The van der Waals surface area contributed by atoms with E-state index >= 15 is 0 Å². The van der Waals surface area contributed by atoms with Crippen molar-refractivity contribution >= 4 is 34.2 Å². The number of hydrogen-bond acceptors (Lipinski definition) is 2. The number of fused-ring (bicyclic) bond motifs is 1. The molecule has 0 aliphatic rings. The fourth-order valence-corrected chi connectivity index (χ4v) is 3.17. The SMILES string of the molecule is Cc1ccc(NCc2c(C(=O)O)n(C)c3ccccc23)c(Cl)c1. The van der Waals surface area contributed by atoms with Crippen LogP contribution in [0.15, 0.2) is 42.5 Å². The van der Waals surface area contributed by atoms with Gasteiger partial charge in [-0.2, -0.15) is 0 Å². The Morgan fingerprint density at radius 1 is 1.26 bits per heavy atom. The molecule has 0 aliphatic carbocycles. The van der Waals surface area contributed by atoms with E-state index in [1.54, 1.807) is 11.6 Å². The van der Waals surface area contributed by atoms with Crippen molar-refractivity contribution < 1.29 is 9.90 Å². The minimum Gasteiger partial charge on any atom is -0.477 e. The molecule has 0 unspecified atom stereocenters. The van der Waals surface area contributed by atoms with Gasteiger partial charge in [0.1, 0.15) is 5.69 Å². The highest BCUT2D eigenvalue weighted by molar-refractivity contribution is 6.33. The fraction of sp³-hybridized carbons (Fsp3) is 0.167. The van der Waals surface area contributed by atoms with Crippen LogP contribution in [-0.2, 0) is 13.6 Å². The molecule has 0 saturated heterocycles. The zero-order valence-corrected chi connectivity index (χ0v) is 13.7. The van der Waals surface area contributed by atoms with Gasteiger partial charge < -0.3 is 15.0 Å². The number of halogens is 1. The molecule has 3 rings (SSSR count). The van der Waals surface area contributed by atoms with Gasteiger partial charge in [0.25, 0.3) is 0 Å². The van der Waals surface area contributed by atoms with Crippen molar-refractivity contribution in [3.05, 3.63) is 64.3 Å². The summed E-state index contributed by atoms with van der Waals surface area (Å²) in [5.74, 6) is -0.935. The standard InChI is InChI=1S/C18H17ClN2O2/c1-11-7-8-15(14(19)9-11)20-10-13-12-5-3-4-6-16(12)21(2)17(13)18(22)23/h3-9,20H,10H2,1-2H3,(H,22,23). The molecule has 0 atom stereocenters. The summed E-state index contributed by atoms with van der Waals surface area (Å²) in [6.07, 6.45) is 0. The van der Waals surface area contributed by atoms with E-state index in [2.05, 4.69) is 5.32 Å². The first kappa shape index (κ1) is 15.4. The lowest BCUT2D eigenvalue weighted by Gasteiger charge is -2.10. The van der Waals surface area contributed by atoms with Gasteiger partial charge in [-0.05, 0) is 30.7 Å². The molecule has 3 aromatic rings. The third-order valence-electron chi connectivity index (χ3n) is 3.99. The molecule has 0 aliphatic heterocycles. The smallest absolute Gasteiger partial charge is 0.352 e. The Hall–Kier alpha value is -2.46. The maximum atomic E-state index is 11.7. The van der Waals surface area contributed by atoms with Crippen molar-refractivity contribution in [3.63, 3.8) is 0 Å². The van der Waals surface area contributed by atoms with Crippen LogP contribution in [0.3, 0.4) is 0 Å². The van der Waals surface area contributed by atoms with Crippen LogP contribution < -0.4 is 5.32 Å². The number of aromatic nitrogens is 1. The fourth-order valence-electron chi connectivity index (χ4n) is 2.87. The van der Waals surface area contributed by atoms with Crippen molar-refractivity contribution in [1.29, 1.82) is 0 Å². The Bertz CT molecular complexity index is 899. The second kappa shape index (κ2) is 5.97. The molecule has 0 radical (unpaired) electrons. The number of carboxylic acids is 1. The van der Waals surface area contributed by atoms with Crippen LogP contribution in [0.25, 0.3) is 10.9 Å². The molecule has 1 heterocycles. The van der Waals surface area contributed by atoms with E-state index in [0.29, 0.717) is 17.3 Å². The van der Waals surface area contributed by atoms with Crippen molar-refractivity contribution in [2.45, 2.75) is 13.5 Å². The first-order chi connectivity index (χ1) is 11.0.